The average Bonchev–Trinajstić information content (AvgIpc) is 3.17. The monoisotopic (exact) mass is 368 g/mol. The van der Waals surface area contributed by atoms with Crippen molar-refractivity contribution in [2.45, 2.75) is 38.0 Å². The molecule has 0 spiro atoms. The maximum atomic E-state index is 12.6. The Bertz CT molecular complexity index is 666. The quantitative estimate of drug-likeness (QED) is 0.624. The van der Waals surface area contributed by atoms with E-state index in [1.54, 1.807) is 18.2 Å². The van der Waals surface area contributed by atoms with Gasteiger partial charge in [-0.2, -0.15) is 4.31 Å². The van der Waals surface area contributed by atoms with Gasteiger partial charge in [0.25, 0.3) is 5.91 Å². The Kier molecular flexibility index (Phi) is 7.40. The number of carbonyl (C=O) groups is 1. The second-order valence-electron chi connectivity index (χ2n) is 6.46. The minimum atomic E-state index is -3.49. The summed E-state index contributed by atoms with van der Waals surface area (Å²) < 4.78 is 26.7. The van der Waals surface area contributed by atoms with E-state index >= 15 is 0 Å². The lowest BCUT2D eigenvalue weighted by Crippen LogP contribution is -3.11. The van der Waals surface area contributed by atoms with Crippen molar-refractivity contribution in [3.8, 4) is 0 Å². The molecular formula is C18H30N3O3S+. The first-order valence-corrected chi connectivity index (χ1v) is 10.6. The Morgan fingerprint density at radius 3 is 2.52 bits per heavy atom. The van der Waals surface area contributed by atoms with Crippen LogP contribution >= 0.6 is 0 Å². The zero-order valence-corrected chi connectivity index (χ0v) is 16.1. The first-order valence-electron chi connectivity index (χ1n) is 9.21. The molecule has 2 N–H and O–H groups in total. The van der Waals surface area contributed by atoms with Crippen molar-refractivity contribution < 1.29 is 18.1 Å². The molecule has 0 unspecified atom stereocenters. The zero-order valence-electron chi connectivity index (χ0n) is 15.3. The highest BCUT2D eigenvalue weighted by Crippen LogP contribution is 2.21. The van der Waals surface area contributed by atoms with Crippen molar-refractivity contribution in [1.82, 2.24) is 9.62 Å². The van der Waals surface area contributed by atoms with Crippen LogP contribution in [0.5, 0.6) is 0 Å². The lowest BCUT2D eigenvalue weighted by Gasteiger charge is -2.16. The van der Waals surface area contributed by atoms with E-state index in [4.69, 9.17) is 0 Å². The molecule has 1 heterocycles. The van der Waals surface area contributed by atoms with E-state index in [-0.39, 0.29) is 10.8 Å². The van der Waals surface area contributed by atoms with Crippen LogP contribution in [-0.4, -0.2) is 57.9 Å². The maximum Gasteiger partial charge on any atom is 0.251 e. The first kappa shape index (κ1) is 19.9. The predicted octanol–water partition coefficient (Wildman–Crippen LogP) is 0.516. The van der Waals surface area contributed by atoms with E-state index in [1.165, 1.54) is 15.3 Å². The summed E-state index contributed by atoms with van der Waals surface area (Å²) in [6.07, 6.45) is 2.70. The third-order valence-electron chi connectivity index (χ3n) is 4.79. The summed E-state index contributed by atoms with van der Waals surface area (Å²) >= 11 is 0. The summed E-state index contributed by atoms with van der Waals surface area (Å²) in [6, 6.07) is 6.35. The van der Waals surface area contributed by atoms with Gasteiger partial charge < -0.3 is 10.2 Å². The molecule has 1 fully saturated rings. The van der Waals surface area contributed by atoms with E-state index in [9.17, 15) is 13.2 Å². The summed E-state index contributed by atoms with van der Waals surface area (Å²) in [5.74, 6) is -0.215. The number of sulfonamides is 1. The van der Waals surface area contributed by atoms with Gasteiger partial charge in [0.05, 0.1) is 24.5 Å². The molecule has 0 saturated carbocycles. The van der Waals surface area contributed by atoms with Gasteiger partial charge in [-0.25, -0.2) is 8.42 Å². The molecular weight excluding hydrogens is 338 g/mol. The second kappa shape index (κ2) is 9.31. The normalized spacial score (nSPS) is 15.6. The summed E-state index contributed by atoms with van der Waals surface area (Å²) in [4.78, 5) is 14.0. The van der Waals surface area contributed by atoms with Crippen LogP contribution in [0.15, 0.2) is 29.2 Å². The maximum absolute atomic E-state index is 12.6. The molecule has 1 amide bonds. The first-order chi connectivity index (χ1) is 12.0. The van der Waals surface area contributed by atoms with Crippen LogP contribution in [0.25, 0.3) is 0 Å². The van der Waals surface area contributed by atoms with Crippen LogP contribution in [0.2, 0.25) is 0 Å². The van der Waals surface area contributed by atoms with Crippen LogP contribution in [0, 0.1) is 0 Å². The molecule has 1 aromatic rings. The van der Waals surface area contributed by atoms with E-state index < -0.39 is 10.0 Å². The summed E-state index contributed by atoms with van der Waals surface area (Å²) in [7, 11) is -3.49. The molecule has 0 atom stereocenters. The molecule has 1 aromatic carbocycles. The van der Waals surface area contributed by atoms with Gasteiger partial charge in [-0.1, -0.05) is 6.07 Å². The fourth-order valence-electron chi connectivity index (χ4n) is 3.12. The number of hydrogen-bond donors (Lipinski definition) is 2. The number of nitrogens with zero attached hydrogens (tertiary/aromatic N) is 1. The summed E-state index contributed by atoms with van der Waals surface area (Å²) in [6.45, 7) is 9.23. The van der Waals surface area contributed by atoms with Crippen LogP contribution in [0.4, 0.5) is 0 Å². The Labute approximate surface area is 151 Å². The molecule has 140 valence electrons. The molecule has 6 nitrogen and oxygen atoms in total. The largest absolute Gasteiger partial charge is 0.352 e. The second-order valence-corrected chi connectivity index (χ2v) is 8.39. The van der Waals surface area contributed by atoms with E-state index in [1.807, 2.05) is 0 Å². The van der Waals surface area contributed by atoms with Crippen molar-refractivity contribution in [2.24, 2.45) is 0 Å². The molecule has 0 aromatic heterocycles. The van der Waals surface area contributed by atoms with Crippen molar-refractivity contribution in [3.63, 3.8) is 0 Å². The topological polar surface area (TPSA) is 70.9 Å². The van der Waals surface area contributed by atoms with Crippen LogP contribution in [0.1, 0.15) is 43.5 Å². The molecule has 2 rings (SSSR count). The van der Waals surface area contributed by atoms with Gasteiger partial charge in [0.15, 0.2) is 0 Å². The standard InChI is InChI=1S/C18H29N3O3S/c1-3-20(4-2)12-8-11-19-18(22)16-9-7-10-17(15-16)25(23,24)21-13-5-6-14-21/h7,9-10,15H,3-6,8,11-14H2,1-2H3,(H,19,22)/p+1. The number of benzene rings is 1. The zero-order chi connectivity index (χ0) is 18.3. The Balaban J connectivity index is 1.95. The van der Waals surface area contributed by atoms with Crippen molar-refractivity contribution in [2.75, 3.05) is 39.3 Å². The van der Waals surface area contributed by atoms with Gasteiger partial charge in [0, 0.05) is 31.6 Å². The van der Waals surface area contributed by atoms with Crippen molar-refractivity contribution >= 4 is 15.9 Å². The lowest BCUT2D eigenvalue weighted by molar-refractivity contribution is -0.896. The number of hydrogen-bond acceptors (Lipinski definition) is 3. The molecule has 0 bridgehead atoms. The molecule has 25 heavy (non-hydrogen) atoms. The third-order valence-corrected chi connectivity index (χ3v) is 6.69. The SMILES string of the molecule is CC[NH+](CC)CCCNC(=O)c1cccc(S(=O)(=O)N2CCCC2)c1. The Hall–Kier alpha value is -1.44. The number of rotatable bonds is 9. The lowest BCUT2D eigenvalue weighted by atomic mass is 10.2. The van der Waals surface area contributed by atoms with Gasteiger partial charge >= 0.3 is 0 Å². The smallest absolute Gasteiger partial charge is 0.251 e. The van der Waals surface area contributed by atoms with Crippen molar-refractivity contribution in [3.05, 3.63) is 29.8 Å². The van der Waals surface area contributed by atoms with Crippen LogP contribution in [0.3, 0.4) is 0 Å². The molecule has 0 radical (unpaired) electrons. The number of quaternary nitrogens is 1. The van der Waals surface area contributed by atoms with Crippen LogP contribution in [-0.2, 0) is 10.0 Å². The Morgan fingerprint density at radius 2 is 1.88 bits per heavy atom. The molecule has 7 heteroatoms. The highest BCUT2D eigenvalue weighted by Gasteiger charge is 2.27. The number of nitrogens with one attached hydrogen (secondary N) is 2. The fourth-order valence-corrected chi connectivity index (χ4v) is 4.68. The summed E-state index contributed by atoms with van der Waals surface area (Å²) in [5, 5.41) is 2.89. The molecule has 1 saturated heterocycles. The van der Waals surface area contributed by atoms with Gasteiger partial charge in [-0.15, -0.1) is 0 Å². The van der Waals surface area contributed by atoms with E-state index in [0.717, 1.165) is 38.9 Å². The predicted molar refractivity (Wildman–Crippen MR) is 98.3 cm³/mol. The summed E-state index contributed by atoms with van der Waals surface area (Å²) in [5.41, 5.74) is 0.399. The van der Waals surface area contributed by atoms with Gasteiger partial charge in [0.2, 0.25) is 10.0 Å². The van der Waals surface area contributed by atoms with E-state index in [0.29, 0.717) is 25.2 Å². The minimum Gasteiger partial charge on any atom is -0.352 e. The fraction of sp³-hybridized carbons (Fsp3) is 0.611. The van der Waals surface area contributed by atoms with Crippen molar-refractivity contribution in [1.29, 1.82) is 0 Å². The Morgan fingerprint density at radius 1 is 1.20 bits per heavy atom. The molecule has 0 aliphatic carbocycles. The third kappa shape index (κ3) is 5.26. The van der Waals surface area contributed by atoms with Gasteiger partial charge in [-0.05, 0) is 44.9 Å². The molecule has 1 aliphatic heterocycles. The van der Waals surface area contributed by atoms with Gasteiger partial charge in [-0.3, -0.25) is 4.79 Å². The molecule has 1 aliphatic rings. The highest BCUT2D eigenvalue weighted by atomic mass is 32.2. The van der Waals surface area contributed by atoms with Gasteiger partial charge in [0.1, 0.15) is 0 Å². The number of amides is 1. The van der Waals surface area contributed by atoms with E-state index in [2.05, 4.69) is 19.2 Å². The average molecular weight is 369 g/mol. The minimum absolute atomic E-state index is 0.203. The van der Waals surface area contributed by atoms with Crippen LogP contribution < -0.4 is 10.2 Å². The number of carbonyl (C=O) groups excluding carboxylic acids is 1. The highest BCUT2D eigenvalue weighted by molar-refractivity contribution is 7.89.